The molecule has 0 aromatic heterocycles. The van der Waals surface area contributed by atoms with E-state index in [4.69, 9.17) is 23.7 Å². The van der Waals surface area contributed by atoms with E-state index >= 15 is 0 Å². The predicted molar refractivity (Wildman–Crippen MR) is 321 cm³/mol. The zero-order chi connectivity index (χ0) is 57.5. The van der Waals surface area contributed by atoms with Crippen molar-refractivity contribution < 1.29 is 58.2 Å². The molecule has 1 rings (SSSR count). The number of unbranched alkanes of at least 4 members (excludes halogenated alkanes) is 25. The average Bonchev–Trinajstić information content (AvgIpc) is 3.44. The van der Waals surface area contributed by atoms with Crippen molar-refractivity contribution >= 4 is 23.9 Å². The molecule has 0 amide bonds. The van der Waals surface area contributed by atoms with E-state index < -0.39 is 67.3 Å². The van der Waals surface area contributed by atoms with Gasteiger partial charge in [0.25, 0.3) is 0 Å². The van der Waals surface area contributed by atoms with Gasteiger partial charge in [-0.25, -0.2) is 4.79 Å². The van der Waals surface area contributed by atoms with Crippen molar-refractivity contribution in [2.24, 2.45) is 0 Å². The van der Waals surface area contributed by atoms with E-state index in [1.807, 2.05) is 0 Å². The van der Waals surface area contributed by atoms with E-state index in [9.17, 15) is 34.5 Å². The average molecular weight is 1110 g/mol. The van der Waals surface area contributed by atoms with Gasteiger partial charge in [0.1, 0.15) is 18.8 Å². The Bertz CT molecular complexity index is 1700. The minimum Gasteiger partial charge on any atom is -0.479 e. The van der Waals surface area contributed by atoms with Crippen molar-refractivity contribution in [3.05, 3.63) is 85.1 Å². The highest BCUT2D eigenvalue weighted by atomic mass is 16.7. The van der Waals surface area contributed by atoms with E-state index in [0.29, 0.717) is 19.3 Å². The summed E-state index contributed by atoms with van der Waals surface area (Å²) in [4.78, 5) is 51.2. The van der Waals surface area contributed by atoms with Crippen LogP contribution in [0.3, 0.4) is 0 Å². The fourth-order valence-electron chi connectivity index (χ4n) is 9.09. The smallest absolute Gasteiger partial charge is 0.335 e. The molecule has 0 spiro atoms. The van der Waals surface area contributed by atoms with Gasteiger partial charge in [0.05, 0.1) is 6.61 Å². The van der Waals surface area contributed by atoms with E-state index in [2.05, 4.69) is 106 Å². The van der Waals surface area contributed by atoms with Gasteiger partial charge in [-0.1, -0.05) is 215 Å². The lowest BCUT2D eigenvalue weighted by Gasteiger charge is -2.40. The molecule has 79 heavy (non-hydrogen) atoms. The zero-order valence-electron chi connectivity index (χ0n) is 49.8. The first kappa shape index (κ1) is 72.9. The minimum atomic E-state index is -1.92. The van der Waals surface area contributed by atoms with Crippen LogP contribution in [-0.2, 0) is 42.9 Å². The van der Waals surface area contributed by atoms with E-state index in [-0.39, 0.29) is 25.9 Å². The molecule has 12 heteroatoms. The molecule has 1 aliphatic rings. The van der Waals surface area contributed by atoms with Crippen LogP contribution in [0.4, 0.5) is 0 Å². The summed E-state index contributed by atoms with van der Waals surface area (Å²) < 4.78 is 28.5. The first-order valence-electron chi connectivity index (χ1n) is 31.6. The summed E-state index contributed by atoms with van der Waals surface area (Å²) >= 11 is 0. The molecule has 0 saturated carbocycles. The van der Waals surface area contributed by atoms with E-state index in [1.165, 1.54) is 77.0 Å². The van der Waals surface area contributed by atoms with Gasteiger partial charge in [0, 0.05) is 19.3 Å². The molecule has 1 aliphatic heterocycles. The number of hydrogen-bond acceptors (Lipinski definition) is 11. The van der Waals surface area contributed by atoms with Crippen LogP contribution in [0, 0.1) is 0 Å². The Morgan fingerprint density at radius 1 is 0.430 bits per heavy atom. The number of carbonyl (C=O) groups is 4. The monoisotopic (exact) mass is 1110 g/mol. The molecule has 1 fully saturated rings. The summed E-state index contributed by atoms with van der Waals surface area (Å²) in [6, 6.07) is 0. The second-order valence-electron chi connectivity index (χ2n) is 21.3. The topological polar surface area (TPSA) is 175 Å². The normalized spacial score (nSPS) is 18.4. The second kappa shape index (κ2) is 54.5. The molecule has 0 aromatic carbocycles. The highest BCUT2D eigenvalue weighted by molar-refractivity contribution is 5.74. The number of aliphatic carboxylic acids is 1. The number of aliphatic hydroxyl groups excluding tert-OH is 2. The lowest BCUT2D eigenvalue weighted by atomic mass is 9.98. The van der Waals surface area contributed by atoms with Crippen LogP contribution in [0.1, 0.15) is 265 Å². The number of esters is 3. The molecule has 6 unspecified atom stereocenters. The molecule has 0 radical (unpaired) electrons. The van der Waals surface area contributed by atoms with Crippen LogP contribution in [0.25, 0.3) is 0 Å². The largest absolute Gasteiger partial charge is 0.479 e. The van der Waals surface area contributed by atoms with Crippen molar-refractivity contribution in [2.45, 2.75) is 302 Å². The predicted octanol–water partition coefficient (Wildman–Crippen LogP) is 16.7. The van der Waals surface area contributed by atoms with Gasteiger partial charge < -0.3 is 39.0 Å². The highest BCUT2D eigenvalue weighted by Crippen LogP contribution is 2.26. The third kappa shape index (κ3) is 44.3. The number of carboxylic acid groups (broad SMARTS) is 1. The Morgan fingerprint density at radius 2 is 0.797 bits per heavy atom. The Labute approximate surface area is 480 Å². The van der Waals surface area contributed by atoms with Crippen molar-refractivity contribution in [3.63, 3.8) is 0 Å². The quantitative estimate of drug-likeness (QED) is 0.0228. The maximum absolute atomic E-state index is 13.2. The van der Waals surface area contributed by atoms with Crippen molar-refractivity contribution in [2.75, 3.05) is 13.2 Å². The van der Waals surface area contributed by atoms with Crippen LogP contribution in [0.15, 0.2) is 85.1 Å². The standard InChI is InChI=1S/C67H112O12/c1-4-7-10-13-16-19-22-25-28-29-30-31-34-37-40-43-46-49-52-55-61(70)78-65-63(72)62(71)64(66(73)74)79-67(65)76-57-58(77-60(69)54-51-48-45-42-39-36-33-27-24-21-18-15-12-9-6-3)56-75-59(68)53-50-47-44-41-38-35-32-26-23-20-17-14-11-8-5-2/h7,10,16,19,25-28,30-33,37,40,58,62-65,67,71-72H,4-6,8-9,11-15,17-18,20-24,29,34-36,38-39,41-57H2,1-3H3,(H,73,74)/b10-7-,19-16-,28-25-,31-30-,32-26-,33-27-,40-37-. The fraction of sp³-hybridized carbons (Fsp3) is 0.731. The van der Waals surface area contributed by atoms with Crippen LogP contribution in [-0.4, -0.2) is 89.2 Å². The number of ether oxygens (including phenoxy) is 5. The molecule has 6 atom stereocenters. The second-order valence-corrected chi connectivity index (χ2v) is 21.3. The van der Waals surface area contributed by atoms with Crippen LogP contribution in [0.2, 0.25) is 0 Å². The van der Waals surface area contributed by atoms with Crippen molar-refractivity contribution in [1.29, 1.82) is 0 Å². The minimum absolute atomic E-state index is 0.0172. The van der Waals surface area contributed by atoms with Crippen LogP contribution in [0.5, 0.6) is 0 Å². The Hall–Kier alpha value is -4.10. The number of hydrogen-bond donors (Lipinski definition) is 3. The molecule has 12 nitrogen and oxygen atoms in total. The van der Waals surface area contributed by atoms with Gasteiger partial charge in [0.15, 0.2) is 24.6 Å². The van der Waals surface area contributed by atoms with Crippen LogP contribution >= 0.6 is 0 Å². The lowest BCUT2D eigenvalue weighted by molar-refractivity contribution is -0.301. The van der Waals surface area contributed by atoms with Crippen molar-refractivity contribution in [1.82, 2.24) is 0 Å². The third-order valence-electron chi connectivity index (χ3n) is 13.9. The molecule has 0 bridgehead atoms. The Balaban J connectivity index is 2.70. The molecular weight excluding hydrogens is 997 g/mol. The van der Waals surface area contributed by atoms with Gasteiger partial charge in [-0.2, -0.15) is 0 Å². The number of carbonyl (C=O) groups excluding carboxylic acids is 3. The zero-order valence-corrected chi connectivity index (χ0v) is 49.8. The maximum atomic E-state index is 13.2. The highest BCUT2D eigenvalue weighted by Gasteiger charge is 2.50. The first-order valence-corrected chi connectivity index (χ1v) is 31.6. The fourth-order valence-corrected chi connectivity index (χ4v) is 9.09. The summed E-state index contributed by atoms with van der Waals surface area (Å²) in [6.45, 7) is 5.86. The summed E-state index contributed by atoms with van der Waals surface area (Å²) in [5.41, 5.74) is 0. The Kier molecular flexibility index (Phi) is 50.3. The molecule has 1 saturated heterocycles. The van der Waals surface area contributed by atoms with E-state index in [0.717, 1.165) is 128 Å². The van der Waals surface area contributed by atoms with Crippen molar-refractivity contribution in [3.8, 4) is 0 Å². The summed E-state index contributed by atoms with van der Waals surface area (Å²) in [5, 5.41) is 31.5. The van der Waals surface area contributed by atoms with Gasteiger partial charge in [0.2, 0.25) is 0 Å². The summed E-state index contributed by atoms with van der Waals surface area (Å²) in [6.07, 6.45) is 58.2. The SMILES string of the molecule is CC/C=C\C/C=C\C/C=C\C/C=C\C/C=C\CCCCCC(=O)OC1C(OCC(COC(=O)CCCCCCC/C=C\CCCCCCCC)OC(=O)CCCCCCC/C=C\CCCCCCCC)OC(C(=O)O)C(O)C1O. The number of carboxylic acids is 1. The van der Waals surface area contributed by atoms with Gasteiger partial charge in [-0.3, -0.25) is 14.4 Å². The number of rotatable bonds is 53. The molecular formula is C67H112O12. The third-order valence-corrected chi connectivity index (χ3v) is 13.9. The lowest BCUT2D eigenvalue weighted by Crippen LogP contribution is -2.61. The molecule has 0 aromatic rings. The van der Waals surface area contributed by atoms with Crippen LogP contribution < -0.4 is 0 Å². The molecule has 3 N–H and O–H groups in total. The maximum Gasteiger partial charge on any atom is 0.335 e. The first-order chi connectivity index (χ1) is 38.6. The summed E-state index contributed by atoms with van der Waals surface area (Å²) in [5.74, 6) is -3.18. The molecule has 452 valence electrons. The van der Waals surface area contributed by atoms with Gasteiger partial charge >= 0.3 is 23.9 Å². The van der Waals surface area contributed by atoms with Gasteiger partial charge in [-0.15, -0.1) is 0 Å². The Morgan fingerprint density at radius 3 is 1.24 bits per heavy atom. The number of allylic oxidation sites excluding steroid dienone is 14. The molecule has 0 aliphatic carbocycles. The molecule has 1 heterocycles. The summed E-state index contributed by atoms with van der Waals surface area (Å²) in [7, 11) is 0. The van der Waals surface area contributed by atoms with E-state index in [1.54, 1.807) is 0 Å². The number of aliphatic hydroxyl groups is 2. The van der Waals surface area contributed by atoms with Gasteiger partial charge in [-0.05, 0) is 116 Å².